The van der Waals surface area contributed by atoms with Crippen LogP contribution in [0.25, 0.3) is 22.2 Å². The van der Waals surface area contributed by atoms with Gasteiger partial charge in [0.1, 0.15) is 10.8 Å². The number of para-hydroxylation sites is 1. The van der Waals surface area contributed by atoms with E-state index in [4.69, 9.17) is 26.7 Å². The molecular formula is C32H33N3O4S2. The Morgan fingerprint density at radius 1 is 1.05 bits per heavy atom. The molecule has 0 radical (unpaired) electrons. The van der Waals surface area contributed by atoms with Crippen LogP contribution in [0.15, 0.2) is 54.6 Å². The highest BCUT2D eigenvalue weighted by Gasteiger charge is 2.26. The van der Waals surface area contributed by atoms with Crippen LogP contribution in [0, 0.1) is 5.92 Å². The fraction of sp³-hybridized carbons (Fsp3) is 0.312. The third-order valence-electron chi connectivity index (χ3n) is 6.94. The van der Waals surface area contributed by atoms with Gasteiger partial charge in [-0.3, -0.25) is 10.1 Å². The highest BCUT2D eigenvalue weighted by atomic mass is 32.1. The van der Waals surface area contributed by atoms with Crippen LogP contribution in [0.4, 0.5) is 5.00 Å². The molecule has 0 fully saturated rings. The third-order valence-corrected chi connectivity index (χ3v) is 8.35. The number of pyridine rings is 1. The van der Waals surface area contributed by atoms with Crippen molar-refractivity contribution in [2.24, 2.45) is 5.92 Å². The number of nitrogens with zero attached hydrogens (tertiary/aromatic N) is 1. The van der Waals surface area contributed by atoms with Crippen LogP contribution < -0.4 is 15.4 Å². The van der Waals surface area contributed by atoms with E-state index in [9.17, 15) is 9.59 Å². The lowest BCUT2D eigenvalue weighted by atomic mass is 10.0. The quantitative estimate of drug-likeness (QED) is 0.134. The van der Waals surface area contributed by atoms with Crippen molar-refractivity contribution in [1.29, 1.82) is 0 Å². The second kappa shape index (κ2) is 12.8. The first-order valence-corrected chi connectivity index (χ1v) is 15.0. The largest absolute Gasteiger partial charge is 0.493 e. The number of nitrogens with one attached hydrogen (secondary N) is 2. The first-order valence-electron chi connectivity index (χ1n) is 13.8. The molecule has 1 aliphatic rings. The van der Waals surface area contributed by atoms with Crippen molar-refractivity contribution in [3.05, 3.63) is 76.2 Å². The Labute approximate surface area is 249 Å². The van der Waals surface area contributed by atoms with Crippen molar-refractivity contribution < 1.29 is 19.1 Å². The Morgan fingerprint density at radius 3 is 2.66 bits per heavy atom. The SMILES string of the molecule is COC(=O)c1c(NC(=S)NC(=O)c2cc(-c3cccc(OCC(C)C)c3)nc3ccccc23)sc2c1CCCCC2. The van der Waals surface area contributed by atoms with Gasteiger partial charge in [-0.15, -0.1) is 11.3 Å². The van der Waals surface area contributed by atoms with Gasteiger partial charge in [-0.25, -0.2) is 9.78 Å². The molecule has 1 aliphatic carbocycles. The summed E-state index contributed by atoms with van der Waals surface area (Å²) in [5.41, 5.74) is 4.17. The molecule has 2 heterocycles. The monoisotopic (exact) mass is 587 g/mol. The molecule has 0 unspecified atom stereocenters. The maximum absolute atomic E-state index is 13.6. The van der Waals surface area contributed by atoms with Crippen LogP contribution >= 0.6 is 23.6 Å². The Hall–Kier alpha value is -3.82. The number of hydrogen-bond donors (Lipinski definition) is 2. The van der Waals surface area contributed by atoms with Crippen LogP contribution in [-0.2, 0) is 17.6 Å². The number of thiophene rings is 1. The molecule has 2 aromatic heterocycles. The predicted octanol–water partition coefficient (Wildman–Crippen LogP) is 7.18. The number of rotatable bonds is 7. The Kier molecular flexibility index (Phi) is 8.95. The highest BCUT2D eigenvalue weighted by Crippen LogP contribution is 2.38. The van der Waals surface area contributed by atoms with Crippen molar-refractivity contribution in [3.63, 3.8) is 0 Å². The maximum atomic E-state index is 13.6. The summed E-state index contributed by atoms with van der Waals surface area (Å²) in [4.78, 5) is 32.3. The number of fused-ring (bicyclic) bond motifs is 2. The zero-order chi connectivity index (χ0) is 28.9. The number of amides is 1. The minimum Gasteiger partial charge on any atom is -0.493 e. The molecule has 1 amide bonds. The lowest BCUT2D eigenvalue weighted by molar-refractivity contribution is 0.0601. The number of esters is 1. The average Bonchev–Trinajstić information content (AvgIpc) is 3.14. The van der Waals surface area contributed by atoms with E-state index in [1.54, 1.807) is 6.07 Å². The lowest BCUT2D eigenvalue weighted by Gasteiger charge is -2.13. The molecule has 0 bridgehead atoms. The second-order valence-electron chi connectivity index (χ2n) is 10.5. The van der Waals surface area contributed by atoms with Gasteiger partial charge in [0.15, 0.2) is 5.11 Å². The standard InChI is InChI=1S/C32H33N3O4S2/c1-19(2)18-39-21-11-9-10-20(16-21)26-17-24(22-12-7-8-14-25(22)33-26)29(36)34-32(40)35-30-28(31(37)38-3)23-13-5-4-6-15-27(23)41-30/h7-12,14,16-17,19H,4-6,13,15,18H2,1-3H3,(H2,34,35,36,40). The number of benzene rings is 2. The van der Waals surface area contributed by atoms with Gasteiger partial charge in [0.25, 0.3) is 5.91 Å². The molecule has 5 rings (SSSR count). The fourth-order valence-corrected chi connectivity index (χ4v) is 6.51. The Morgan fingerprint density at radius 2 is 1.85 bits per heavy atom. The van der Waals surface area contributed by atoms with E-state index in [0.717, 1.165) is 49.0 Å². The predicted molar refractivity (Wildman–Crippen MR) is 168 cm³/mol. The molecule has 0 saturated heterocycles. The summed E-state index contributed by atoms with van der Waals surface area (Å²) >= 11 is 7.06. The summed E-state index contributed by atoms with van der Waals surface area (Å²) in [5, 5.41) is 7.36. The van der Waals surface area contributed by atoms with Crippen molar-refractivity contribution >= 4 is 56.4 Å². The van der Waals surface area contributed by atoms with Gasteiger partial charge in [0.2, 0.25) is 0 Å². The molecule has 0 saturated carbocycles. The second-order valence-corrected chi connectivity index (χ2v) is 12.0. The first-order chi connectivity index (χ1) is 19.8. The summed E-state index contributed by atoms with van der Waals surface area (Å²) in [6.07, 6.45) is 4.99. The van der Waals surface area contributed by atoms with E-state index >= 15 is 0 Å². The summed E-state index contributed by atoms with van der Waals surface area (Å²) in [6, 6.07) is 17.0. The van der Waals surface area contributed by atoms with Crippen LogP contribution in [0.3, 0.4) is 0 Å². The average molecular weight is 588 g/mol. The molecule has 212 valence electrons. The van der Waals surface area contributed by atoms with Gasteiger partial charge in [0.05, 0.1) is 36.1 Å². The molecule has 2 N–H and O–H groups in total. The van der Waals surface area contributed by atoms with Crippen molar-refractivity contribution in [3.8, 4) is 17.0 Å². The molecule has 2 aromatic carbocycles. The maximum Gasteiger partial charge on any atom is 0.341 e. The van der Waals surface area contributed by atoms with Gasteiger partial charge >= 0.3 is 5.97 Å². The topological polar surface area (TPSA) is 89.6 Å². The van der Waals surface area contributed by atoms with Gasteiger partial charge in [-0.2, -0.15) is 0 Å². The van der Waals surface area contributed by atoms with Gasteiger partial charge in [0, 0.05) is 15.8 Å². The third kappa shape index (κ3) is 6.57. The smallest absolute Gasteiger partial charge is 0.341 e. The molecule has 0 aliphatic heterocycles. The molecule has 0 spiro atoms. The summed E-state index contributed by atoms with van der Waals surface area (Å²) < 4.78 is 11.0. The number of anilines is 1. The van der Waals surface area contributed by atoms with E-state index in [0.29, 0.717) is 45.2 Å². The number of hydrogen-bond acceptors (Lipinski definition) is 7. The number of aryl methyl sites for hydroxylation is 1. The van der Waals surface area contributed by atoms with Crippen LogP contribution in [0.5, 0.6) is 5.75 Å². The van der Waals surface area contributed by atoms with Crippen LogP contribution in [-0.4, -0.2) is 35.7 Å². The first kappa shape index (κ1) is 28.7. The normalized spacial score (nSPS) is 12.9. The van der Waals surface area contributed by atoms with E-state index in [-0.39, 0.29) is 11.0 Å². The molecule has 0 atom stereocenters. The summed E-state index contributed by atoms with van der Waals surface area (Å²) in [5.74, 6) is 0.383. The number of thiocarbonyl (C=S) groups is 1. The van der Waals surface area contributed by atoms with Gasteiger partial charge in [-0.1, -0.05) is 50.6 Å². The molecule has 4 aromatic rings. The molecular weight excluding hydrogens is 555 g/mol. The van der Waals surface area contributed by atoms with Crippen LogP contribution in [0.2, 0.25) is 0 Å². The number of carbonyl (C=O) groups is 2. The van der Waals surface area contributed by atoms with Crippen molar-refractivity contribution in [2.75, 3.05) is 19.0 Å². The Bertz CT molecular complexity index is 1610. The minimum atomic E-state index is -0.398. The lowest BCUT2D eigenvalue weighted by Crippen LogP contribution is -2.34. The van der Waals surface area contributed by atoms with E-state index in [2.05, 4.69) is 24.5 Å². The van der Waals surface area contributed by atoms with E-state index in [1.807, 2.05) is 48.5 Å². The van der Waals surface area contributed by atoms with Gasteiger partial charge < -0.3 is 14.8 Å². The number of carbonyl (C=O) groups excluding carboxylic acids is 2. The summed E-state index contributed by atoms with van der Waals surface area (Å²) in [7, 11) is 1.38. The molecule has 7 nitrogen and oxygen atoms in total. The summed E-state index contributed by atoms with van der Waals surface area (Å²) in [6.45, 7) is 4.81. The van der Waals surface area contributed by atoms with Crippen LogP contribution in [0.1, 0.15) is 64.3 Å². The van der Waals surface area contributed by atoms with Gasteiger partial charge in [-0.05, 0) is 73.6 Å². The molecule has 9 heteroatoms. The van der Waals surface area contributed by atoms with E-state index in [1.165, 1.54) is 23.3 Å². The molecule has 41 heavy (non-hydrogen) atoms. The van der Waals surface area contributed by atoms with E-state index < -0.39 is 5.97 Å². The van der Waals surface area contributed by atoms with Crippen molar-refractivity contribution in [1.82, 2.24) is 10.3 Å². The number of methoxy groups -OCH3 is 1. The highest BCUT2D eigenvalue weighted by molar-refractivity contribution is 7.80. The number of ether oxygens (including phenoxy) is 2. The Balaban J connectivity index is 1.42. The van der Waals surface area contributed by atoms with Crippen molar-refractivity contribution in [2.45, 2.75) is 46.0 Å². The fourth-order valence-electron chi connectivity index (χ4n) is 4.97. The zero-order valence-corrected chi connectivity index (χ0v) is 25.0. The zero-order valence-electron chi connectivity index (χ0n) is 23.4. The minimum absolute atomic E-state index is 0.114. The number of aromatic nitrogens is 1.